The minimum absolute atomic E-state index is 0.0299. The zero-order valence-electron chi connectivity index (χ0n) is 20.0. The molecule has 4 rings (SSSR count). The van der Waals surface area contributed by atoms with Crippen molar-refractivity contribution in [2.24, 2.45) is 7.05 Å². The van der Waals surface area contributed by atoms with Gasteiger partial charge in [0.1, 0.15) is 33.3 Å². The molecular formula is C26H24N4O4S2. The number of carbonyl (C=O) groups excluding carboxylic acids is 1. The van der Waals surface area contributed by atoms with E-state index in [0.717, 1.165) is 11.3 Å². The van der Waals surface area contributed by atoms with Crippen molar-refractivity contribution in [1.82, 2.24) is 9.47 Å². The fraction of sp³-hybridized carbons (Fsp3) is 0.231. The van der Waals surface area contributed by atoms with Crippen molar-refractivity contribution in [1.29, 1.82) is 5.26 Å². The smallest absolute Gasteiger partial charge is 0.270 e. The lowest BCUT2D eigenvalue weighted by Crippen LogP contribution is -2.30. The third-order valence-corrected chi connectivity index (χ3v) is 7.32. The van der Waals surface area contributed by atoms with Gasteiger partial charge in [-0.25, -0.2) is 0 Å². The van der Waals surface area contributed by atoms with Gasteiger partial charge in [0.15, 0.2) is 0 Å². The summed E-state index contributed by atoms with van der Waals surface area (Å²) in [7, 11) is 3.20. The third-order valence-electron chi connectivity index (χ3n) is 5.94. The van der Waals surface area contributed by atoms with Crippen LogP contribution >= 0.6 is 24.0 Å². The zero-order chi connectivity index (χ0) is 25.8. The number of thiocarbonyl (C=S) groups is 1. The molecule has 1 aliphatic heterocycles. The number of pyridine rings is 1. The largest absolute Gasteiger partial charge is 0.497 e. The van der Waals surface area contributed by atoms with E-state index in [0.29, 0.717) is 51.4 Å². The Labute approximate surface area is 218 Å². The van der Waals surface area contributed by atoms with Crippen molar-refractivity contribution in [2.75, 3.05) is 19.0 Å². The molecule has 0 radical (unpaired) electrons. The van der Waals surface area contributed by atoms with Gasteiger partial charge in [-0.1, -0.05) is 36.1 Å². The number of methoxy groups -OCH3 is 1. The third kappa shape index (κ3) is 5.08. The Balaban J connectivity index is 1.63. The Hall–Kier alpha value is -3.81. The molecule has 1 fully saturated rings. The summed E-state index contributed by atoms with van der Waals surface area (Å²) in [5.41, 5.74) is 1.75. The normalized spacial score (nSPS) is 14.4. The van der Waals surface area contributed by atoms with Crippen LogP contribution in [0.4, 0.5) is 5.82 Å². The summed E-state index contributed by atoms with van der Waals surface area (Å²) in [6.45, 7) is 2.47. The van der Waals surface area contributed by atoms with Crippen molar-refractivity contribution >= 4 is 46.1 Å². The Bertz CT molecular complexity index is 1430. The van der Waals surface area contributed by atoms with E-state index in [1.54, 1.807) is 44.4 Å². The summed E-state index contributed by atoms with van der Waals surface area (Å²) in [5, 5.41) is 12.8. The van der Waals surface area contributed by atoms with E-state index >= 15 is 0 Å². The summed E-state index contributed by atoms with van der Waals surface area (Å²) in [6.07, 6.45) is 3.90. The minimum Gasteiger partial charge on any atom is -0.497 e. The molecule has 0 unspecified atom stereocenters. The number of nitriles is 1. The maximum atomic E-state index is 13.3. The number of benzene rings is 1. The fourth-order valence-corrected chi connectivity index (χ4v) is 5.18. The van der Waals surface area contributed by atoms with Crippen LogP contribution in [0, 0.1) is 18.3 Å². The van der Waals surface area contributed by atoms with E-state index < -0.39 is 5.56 Å². The van der Waals surface area contributed by atoms with Crippen molar-refractivity contribution in [3.05, 3.63) is 85.9 Å². The number of amides is 1. The van der Waals surface area contributed by atoms with Crippen molar-refractivity contribution in [3.63, 3.8) is 0 Å². The molecule has 1 saturated heterocycles. The van der Waals surface area contributed by atoms with Crippen LogP contribution < -0.4 is 15.6 Å². The van der Waals surface area contributed by atoms with Crippen LogP contribution in [0.25, 0.3) is 6.08 Å². The predicted molar refractivity (Wildman–Crippen MR) is 144 cm³/mol. The van der Waals surface area contributed by atoms with Crippen LogP contribution in [0.15, 0.2) is 56.8 Å². The molecule has 0 atom stereocenters. The highest BCUT2D eigenvalue weighted by atomic mass is 32.2. The molecule has 3 aromatic rings. The van der Waals surface area contributed by atoms with Gasteiger partial charge in [0.25, 0.3) is 11.5 Å². The van der Waals surface area contributed by atoms with E-state index in [9.17, 15) is 14.9 Å². The fourth-order valence-electron chi connectivity index (χ4n) is 3.89. The molecular weight excluding hydrogens is 496 g/mol. The van der Waals surface area contributed by atoms with Crippen molar-refractivity contribution in [2.45, 2.75) is 19.9 Å². The lowest BCUT2D eigenvalue weighted by molar-refractivity contribution is -0.122. The number of nitrogens with one attached hydrogen (secondary N) is 1. The summed E-state index contributed by atoms with van der Waals surface area (Å²) in [6, 6.07) is 13.3. The molecule has 0 bridgehead atoms. The molecule has 1 amide bonds. The van der Waals surface area contributed by atoms with Crippen molar-refractivity contribution < 1.29 is 13.9 Å². The number of ether oxygens (including phenoxy) is 1. The van der Waals surface area contributed by atoms with Gasteiger partial charge in [0.05, 0.1) is 24.8 Å². The summed E-state index contributed by atoms with van der Waals surface area (Å²) >= 11 is 6.71. The SMILES string of the molecule is COc1ccc(CCN2C(=O)/C(=C/c3c(C)c(C#N)c(=O)n(C)c3NCc3ccco3)SC2=S)cc1. The maximum Gasteiger partial charge on any atom is 0.270 e. The van der Waals surface area contributed by atoms with Gasteiger partial charge in [-0.3, -0.25) is 19.1 Å². The zero-order valence-corrected chi connectivity index (χ0v) is 21.7. The molecule has 0 aliphatic carbocycles. The van der Waals surface area contributed by atoms with Crippen LogP contribution in [0.3, 0.4) is 0 Å². The maximum absolute atomic E-state index is 13.3. The van der Waals surface area contributed by atoms with Gasteiger partial charge in [-0.15, -0.1) is 0 Å². The Kier molecular flexibility index (Phi) is 7.62. The molecule has 10 heteroatoms. The Morgan fingerprint density at radius 2 is 2.00 bits per heavy atom. The molecule has 0 saturated carbocycles. The number of aromatic nitrogens is 1. The average Bonchev–Trinajstić information content (AvgIpc) is 3.49. The first kappa shape index (κ1) is 25.3. The van der Waals surface area contributed by atoms with E-state index in [-0.39, 0.29) is 11.5 Å². The van der Waals surface area contributed by atoms with Crippen LogP contribution in [0.5, 0.6) is 5.75 Å². The van der Waals surface area contributed by atoms with Crippen LogP contribution in [-0.4, -0.2) is 33.3 Å². The Morgan fingerprint density at radius 3 is 2.64 bits per heavy atom. The van der Waals surface area contributed by atoms with Gasteiger partial charge in [-0.05, 0) is 54.8 Å². The van der Waals surface area contributed by atoms with Crippen LogP contribution in [0.1, 0.15) is 28.0 Å². The van der Waals surface area contributed by atoms with Crippen molar-refractivity contribution in [3.8, 4) is 11.8 Å². The average molecular weight is 521 g/mol. The van der Waals surface area contributed by atoms with E-state index in [2.05, 4.69) is 5.32 Å². The molecule has 1 aromatic carbocycles. The first-order valence-electron chi connectivity index (χ1n) is 11.1. The predicted octanol–water partition coefficient (Wildman–Crippen LogP) is 4.22. The molecule has 1 aliphatic rings. The molecule has 3 heterocycles. The van der Waals surface area contributed by atoms with Gasteiger partial charge in [-0.2, -0.15) is 5.26 Å². The number of hydrogen-bond acceptors (Lipinski definition) is 8. The number of rotatable bonds is 8. The van der Waals surface area contributed by atoms with Gasteiger partial charge < -0.3 is 14.5 Å². The second-order valence-corrected chi connectivity index (χ2v) is 9.78. The Morgan fingerprint density at radius 1 is 1.25 bits per heavy atom. The van der Waals surface area contributed by atoms with Crippen LogP contribution in [-0.2, 0) is 24.8 Å². The van der Waals surface area contributed by atoms with Gasteiger partial charge >= 0.3 is 0 Å². The standard InChI is InChI=1S/C26H24N4O4S2/c1-16-20(23(28-15-19-5-4-12-34-19)29(2)24(31)21(16)14-27)13-22-25(32)30(26(35)36-22)11-10-17-6-8-18(33-3)9-7-17/h4-9,12-13,28H,10-11,15H2,1-3H3/b22-13-. The van der Waals surface area contributed by atoms with Gasteiger partial charge in [0, 0.05) is 19.2 Å². The quantitative estimate of drug-likeness (QED) is 0.348. The molecule has 184 valence electrons. The molecule has 8 nitrogen and oxygen atoms in total. The van der Waals surface area contributed by atoms with Crippen LogP contribution in [0.2, 0.25) is 0 Å². The highest BCUT2D eigenvalue weighted by Gasteiger charge is 2.32. The molecule has 1 N–H and O–H groups in total. The number of anilines is 1. The molecule has 36 heavy (non-hydrogen) atoms. The second-order valence-electron chi connectivity index (χ2n) is 8.10. The van der Waals surface area contributed by atoms with Gasteiger partial charge in [0.2, 0.25) is 0 Å². The molecule has 2 aromatic heterocycles. The van der Waals surface area contributed by atoms with E-state index in [4.69, 9.17) is 21.4 Å². The number of nitrogens with zero attached hydrogens (tertiary/aromatic N) is 3. The lowest BCUT2D eigenvalue weighted by atomic mass is 10.0. The number of carbonyl (C=O) groups is 1. The molecule has 0 spiro atoms. The topological polar surface area (TPSA) is 101 Å². The number of thioether (sulfide) groups is 1. The first-order valence-corrected chi connectivity index (χ1v) is 12.3. The summed E-state index contributed by atoms with van der Waals surface area (Å²) < 4.78 is 12.4. The number of furan rings is 1. The number of hydrogen-bond donors (Lipinski definition) is 1. The minimum atomic E-state index is -0.416. The van der Waals surface area contributed by atoms with E-state index in [1.165, 1.54) is 16.3 Å². The highest BCUT2D eigenvalue weighted by Crippen LogP contribution is 2.35. The van der Waals surface area contributed by atoms with E-state index in [1.807, 2.05) is 36.4 Å². The lowest BCUT2D eigenvalue weighted by Gasteiger charge is -2.17. The highest BCUT2D eigenvalue weighted by molar-refractivity contribution is 8.26. The first-order chi connectivity index (χ1) is 17.3. The summed E-state index contributed by atoms with van der Waals surface area (Å²) in [4.78, 5) is 28.1. The second kappa shape index (κ2) is 10.8. The summed E-state index contributed by atoms with van der Waals surface area (Å²) in [5.74, 6) is 1.73. The monoisotopic (exact) mass is 520 g/mol.